The van der Waals surface area contributed by atoms with Gasteiger partial charge in [-0.15, -0.1) is 6.42 Å². The van der Waals surface area contributed by atoms with Crippen LogP contribution in [0.1, 0.15) is 61.3 Å². The molecule has 0 saturated heterocycles. The molecular weight excluding hydrogens is 316 g/mol. The molecule has 0 unspecified atom stereocenters. The van der Waals surface area contributed by atoms with Crippen LogP contribution in [0.25, 0.3) is 0 Å². The molecule has 1 aliphatic carbocycles. The highest BCUT2D eigenvalue weighted by atomic mass is 28.2. The van der Waals surface area contributed by atoms with E-state index in [0.29, 0.717) is 22.1 Å². The minimum absolute atomic E-state index is 0.132. The van der Waals surface area contributed by atoms with Gasteiger partial charge in [0.1, 0.15) is 5.60 Å². The molecule has 4 heteroatoms. The number of terminal acetylenes is 1. The van der Waals surface area contributed by atoms with Crippen LogP contribution in [0.4, 0.5) is 0 Å². The highest BCUT2D eigenvalue weighted by molar-refractivity contribution is 6.31. The molecule has 24 heavy (non-hydrogen) atoms. The summed E-state index contributed by atoms with van der Waals surface area (Å²) in [4.78, 5) is 0. The van der Waals surface area contributed by atoms with Crippen molar-refractivity contribution in [1.82, 2.24) is 0 Å². The fourth-order valence-electron chi connectivity index (χ4n) is 3.57. The van der Waals surface area contributed by atoms with E-state index < -0.39 is 11.7 Å². The maximum absolute atomic E-state index is 10.4. The van der Waals surface area contributed by atoms with E-state index in [1.165, 1.54) is 6.92 Å². The van der Waals surface area contributed by atoms with Crippen molar-refractivity contribution in [2.24, 2.45) is 17.8 Å². The molecule has 0 aromatic rings. The van der Waals surface area contributed by atoms with Crippen LogP contribution in [0.5, 0.6) is 0 Å². The minimum Gasteiger partial charge on any atom is -0.412 e. The monoisotopic (exact) mass is 350 g/mol. The average Bonchev–Trinajstić information content (AvgIpc) is 2.44. The predicted molar refractivity (Wildman–Crippen MR) is 101 cm³/mol. The van der Waals surface area contributed by atoms with Gasteiger partial charge in [-0.05, 0) is 56.4 Å². The molecule has 0 aliphatic heterocycles. The smallest absolute Gasteiger partial charge is 0.236 e. The Morgan fingerprint density at radius 2 is 1.88 bits per heavy atom. The molecule has 2 N–H and O–H groups in total. The molecule has 3 nitrogen and oxygen atoms in total. The summed E-state index contributed by atoms with van der Waals surface area (Å²) in [5.74, 6) is 3.14. The third-order valence-corrected chi connectivity index (χ3v) is 6.08. The molecule has 136 valence electrons. The Balaban J connectivity index is 2.94. The van der Waals surface area contributed by atoms with Crippen LogP contribution in [-0.2, 0) is 4.43 Å². The van der Waals surface area contributed by atoms with Crippen molar-refractivity contribution in [1.29, 1.82) is 0 Å². The van der Waals surface area contributed by atoms with E-state index in [1.807, 2.05) is 0 Å². The van der Waals surface area contributed by atoms with Crippen molar-refractivity contribution in [2.75, 3.05) is 0 Å². The summed E-state index contributed by atoms with van der Waals surface area (Å²) in [5.41, 5.74) is -1.80. The van der Waals surface area contributed by atoms with Gasteiger partial charge in [-0.2, -0.15) is 0 Å². The van der Waals surface area contributed by atoms with Crippen LogP contribution in [-0.4, -0.2) is 37.3 Å². The molecule has 0 bridgehead atoms. The second-order valence-corrected chi connectivity index (χ2v) is 10.8. The summed E-state index contributed by atoms with van der Waals surface area (Å²) < 4.78 is 6.34. The van der Waals surface area contributed by atoms with Gasteiger partial charge in [-0.3, -0.25) is 0 Å². The van der Waals surface area contributed by atoms with Crippen molar-refractivity contribution in [3.63, 3.8) is 0 Å². The fourth-order valence-corrected chi connectivity index (χ4v) is 4.28. The molecule has 0 fully saturated rings. The average molecular weight is 351 g/mol. The third kappa shape index (κ3) is 5.74. The van der Waals surface area contributed by atoms with Gasteiger partial charge in [0.05, 0.1) is 11.7 Å². The summed E-state index contributed by atoms with van der Waals surface area (Å²) in [6.45, 7) is 14.5. The Morgan fingerprint density at radius 1 is 1.29 bits per heavy atom. The number of aliphatic hydroxyl groups is 2. The van der Waals surface area contributed by atoms with E-state index >= 15 is 0 Å². The topological polar surface area (TPSA) is 49.7 Å². The zero-order valence-electron chi connectivity index (χ0n) is 16.3. The largest absolute Gasteiger partial charge is 0.412 e. The first-order valence-corrected chi connectivity index (χ1v) is 9.71. The van der Waals surface area contributed by atoms with Gasteiger partial charge in [0.15, 0.2) is 0 Å². The normalized spacial score (nSPS) is 28.9. The lowest BCUT2D eigenvalue weighted by atomic mass is 9.66. The summed E-state index contributed by atoms with van der Waals surface area (Å²) in [7, 11) is 0.413. The molecule has 0 heterocycles. The molecule has 1 aliphatic rings. The highest BCUT2D eigenvalue weighted by Gasteiger charge is 2.43. The number of rotatable bonds is 6. The lowest BCUT2D eigenvalue weighted by Gasteiger charge is -2.46. The van der Waals surface area contributed by atoms with Gasteiger partial charge in [0.2, 0.25) is 9.76 Å². The lowest BCUT2D eigenvalue weighted by Crippen LogP contribution is -2.48. The van der Waals surface area contributed by atoms with Gasteiger partial charge in [-0.1, -0.05) is 45.8 Å². The maximum atomic E-state index is 10.4. The molecule has 1 rings (SSSR count). The van der Waals surface area contributed by atoms with Crippen LogP contribution < -0.4 is 0 Å². The van der Waals surface area contributed by atoms with Gasteiger partial charge < -0.3 is 14.6 Å². The Morgan fingerprint density at radius 3 is 2.38 bits per heavy atom. The number of hydrogen-bond donors (Lipinski definition) is 2. The van der Waals surface area contributed by atoms with Crippen molar-refractivity contribution < 1.29 is 14.6 Å². The number of hydrogen-bond acceptors (Lipinski definition) is 3. The zero-order chi connectivity index (χ0) is 18.8. The zero-order valence-corrected chi connectivity index (χ0v) is 17.3. The van der Waals surface area contributed by atoms with E-state index in [-0.39, 0.29) is 22.5 Å². The first-order chi connectivity index (χ1) is 10.8. The van der Waals surface area contributed by atoms with E-state index in [0.717, 1.165) is 6.42 Å². The highest BCUT2D eigenvalue weighted by Crippen LogP contribution is 2.43. The standard InChI is InChI=1S/C20H34O3Si/c1-9-20(8,22)16(21)13-15-12-10-11-14(2)17(15)19(6,7)23-24-18(3,4)5/h1,10-11,14-17,21-22H,12-13H2,2-8H3/t14-,15-,16-,17-,20-/m1/s1. The molecule has 0 aromatic heterocycles. The molecule has 0 spiro atoms. The molecule has 0 amide bonds. The predicted octanol–water partition coefficient (Wildman–Crippen LogP) is 3.58. The van der Waals surface area contributed by atoms with Crippen LogP contribution in [0.15, 0.2) is 12.2 Å². The second kappa shape index (κ2) is 7.74. The first-order valence-electron chi connectivity index (χ1n) is 8.80. The minimum atomic E-state index is -1.49. The van der Waals surface area contributed by atoms with E-state index in [2.05, 4.69) is 59.6 Å². The number of aliphatic hydroxyl groups excluding tert-OH is 1. The van der Waals surface area contributed by atoms with Crippen LogP contribution in [0.3, 0.4) is 0 Å². The van der Waals surface area contributed by atoms with E-state index in [4.69, 9.17) is 10.8 Å². The molecule has 5 atom stereocenters. The van der Waals surface area contributed by atoms with Crippen molar-refractivity contribution in [3.8, 4) is 12.3 Å². The molecule has 2 radical (unpaired) electrons. The van der Waals surface area contributed by atoms with Crippen LogP contribution in [0.2, 0.25) is 5.04 Å². The van der Waals surface area contributed by atoms with Crippen molar-refractivity contribution in [3.05, 3.63) is 12.2 Å². The lowest BCUT2D eigenvalue weighted by molar-refractivity contribution is -0.0605. The van der Waals surface area contributed by atoms with Crippen LogP contribution >= 0.6 is 0 Å². The summed E-state index contributed by atoms with van der Waals surface area (Å²) in [6, 6.07) is 0. The Hall–Kier alpha value is -0.603. The first kappa shape index (κ1) is 21.4. The quantitative estimate of drug-likeness (QED) is 0.437. The second-order valence-electron chi connectivity index (χ2n) is 8.91. The maximum Gasteiger partial charge on any atom is 0.236 e. The summed E-state index contributed by atoms with van der Waals surface area (Å²) >= 11 is 0. The van der Waals surface area contributed by atoms with Gasteiger partial charge in [0, 0.05) is 0 Å². The van der Waals surface area contributed by atoms with Gasteiger partial charge >= 0.3 is 0 Å². The van der Waals surface area contributed by atoms with Gasteiger partial charge in [-0.25, -0.2) is 0 Å². The SMILES string of the molecule is C#C[C@@](C)(O)[C@H](O)C[C@H]1CC=C[C@@H](C)[C@H]1C(C)(C)O[Si]C(C)(C)C. The van der Waals surface area contributed by atoms with E-state index in [9.17, 15) is 10.2 Å². The van der Waals surface area contributed by atoms with Crippen molar-refractivity contribution >= 4 is 9.76 Å². The molecule has 0 saturated carbocycles. The Labute approximate surface area is 150 Å². The van der Waals surface area contributed by atoms with Crippen LogP contribution in [0, 0.1) is 30.1 Å². The summed E-state index contributed by atoms with van der Waals surface area (Å²) in [6.07, 6.45) is 10.2. The fraction of sp³-hybridized carbons (Fsp3) is 0.800. The third-order valence-electron chi connectivity index (χ3n) is 4.84. The molecule has 0 aromatic carbocycles. The Kier molecular flexibility index (Phi) is 6.91. The van der Waals surface area contributed by atoms with Gasteiger partial charge in [0.25, 0.3) is 0 Å². The summed E-state index contributed by atoms with van der Waals surface area (Å²) in [5, 5.41) is 20.7. The number of allylic oxidation sites excluding steroid dienone is 2. The Bertz CT molecular complexity index is 482. The molecular formula is C20H34O3Si. The van der Waals surface area contributed by atoms with E-state index in [1.54, 1.807) is 0 Å². The van der Waals surface area contributed by atoms with Crippen molar-refractivity contribution in [2.45, 2.75) is 83.7 Å².